The number of aromatic nitrogens is 1. The highest BCUT2D eigenvalue weighted by Crippen LogP contribution is 2.29. The lowest BCUT2D eigenvalue weighted by Crippen LogP contribution is -2.37. The van der Waals surface area contributed by atoms with E-state index in [0.29, 0.717) is 12.0 Å². The molecular formula is C15H25N3. The molecule has 0 aromatic carbocycles. The summed E-state index contributed by atoms with van der Waals surface area (Å²) in [6.45, 7) is 7.60. The van der Waals surface area contributed by atoms with Crippen LogP contribution in [0.2, 0.25) is 0 Å². The van der Waals surface area contributed by atoms with Gasteiger partial charge in [-0.2, -0.15) is 0 Å². The summed E-state index contributed by atoms with van der Waals surface area (Å²) in [6, 6.07) is 2.69. The Morgan fingerprint density at radius 2 is 2.06 bits per heavy atom. The number of rotatable bonds is 4. The first-order chi connectivity index (χ1) is 8.58. The van der Waals surface area contributed by atoms with Crippen LogP contribution in [0.5, 0.6) is 0 Å². The maximum Gasteiger partial charge on any atom is 0.130 e. The van der Waals surface area contributed by atoms with Crippen molar-refractivity contribution in [2.45, 2.75) is 52.5 Å². The highest BCUT2D eigenvalue weighted by Gasteiger charge is 2.24. The summed E-state index contributed by atoms with van der Waals surface area (Å²) in [5, 5.41) is 0. The molecule has 3 heteroatoms. The molecule has 18 heavy (non-hydrogen) atoms. The molecule has 1 aromatic heterocycles. The fourth-order valence-electron chi connectivity index (χ4n) is 2.72. The molecule has 1 aromatic rings. The number of anilines is 2. The molecule has 0 aliphatic heterocycles. The maximum atomic E-state index is 6.02. The summed E-state index contributed by atoms with van der Waals surface area (Å²) >= 11 is 0. The molecule has 0 unspecified atom stereocenters. The van der Waals surface area contributed by atoms with Crippen LogP contribution in [0.1, 0.15) is 45.1 Å². The Bertz CT molecular complexity index is 395. The number of pyridine rings is 1. The number of hydrogen-bond donors (Lipinski definition) is 1. The molecule has 0 saturated heterocycles. The Kier molecular flexibility index (Phi) is 4.10. The van der Waals surface area contributed by atoms with Crippen molar-refractivity contribution < 1.29 is 0 Å². The lowest BCUT2D eigenvalue weighted by Gasteiger charge is -2.32. The van der Waals surface area contributed by atoms with E-state index in [2.05, 4.69) is 23.7 Å². The van der Waals surface area contributed by atoms with Gasteiger partial charge in [0, 0.05) is 30.5 Å². The molecule has 0 atom stereocenters. The molecule has 0 amide bonds. The molecule has 1 fully saturated rings. The lowest BCUT2D eigenvalue weighted by atomic mass is 10.1. The molecule has 1 saturated carbocycles. The van der Waals surface area contributed by atoms with Gasteiger partial charge >= 0.3 is 0 Å². The van der Waals surface area contributed by atoms with E-state index in [-0.39, 0.29) is 0 Å². The first-order valence-corrected chi connectivity index (χ1v) is 7.06. The minimum absolute atomic E-state index is 0.648. The van der Waals surface area contributed by atoms with Crippen molar-refractivity contribution >= 4 is 11.5 Å². The number of nitrogens with two attached hydrogens (primary N) is 1. The van der Waals surface area contributed by atoms with E-state index in [9.17, 15) is 0 Å². The van der Waals surface area contributed by atoms with Crippen LogP contribution in [0.15, 0.2) is 12.3 Å². The minimum Gasteiger partial charge on any atom is -0.398 e. The van der Waals surface area contributed by atoms with Crippen molar-refractivity contribution in [1.29, 1.82) is 0 Å². The summed E-state index contributed by atoms with van der Waals surface area (Å²) < 4.78 is 0. The topological polar surface area (TPSA) is 42.2 Å². The van der Waals surface area contributed by atoms with Crippen LogP contribution in [0.4, 0.5) is 11.5 Å². The normalized spacial score (nSPS) is 16.4. The zero-order valence-corrected chi connectivity index (χ0v) is 11.8. The SMILES string of the molecule is Cc1cnc(N(CC(C)C)C2CCCC2)cc1N. The van der Waals surface area contributed by atoms with Gasteiger partial charge in [-0.05, 0) is 31.2 Å². The van der Waals surface area contributed by atoms with E-state index in [1.807, 2.05) is 19.2 Å². The molecular weight excluding hydrogens is 222 g/mol. The molecule has 100 valence electrons. The molecule has 1 aliphatic carbocycles. The van der Waals surface area contributed by atoms with Crippen molar-refractivity contribution in [3.8, 4) is 0 Å². The third-order valence-electron chi connectivity index (χ3n) is 3.75. The molecule has 1 heterocycles. The number of hydrogen-bond acceptors (Lipinski definition) is 3. The molecule has 0 spiro atoms. The second-order valence-corrected chi connectivity index (χ2v) is 5.88. The molecule has 1 aliphatic rings. The summed E-state index contributed by atoms with van der Waals surface area (Å²) in [5.74, 6) is 1.70. The first kappa shape index (κ1) is 13.2. The van der Waals surface area contributed by atoms with Crippen molar-refractivity contribution in [2.75, 3.05) is 17.2 Å². The Morgan fingerprint density at radius 3 is 2.61 bits per heavy atom. The third kappa shape index (κ3) is 2.95. The van der Waals surface area contributed by atoms with Crippen LogP contribution in [-0.2, 0) is 0 Å². The first-order valence-electron chi connectivity index (χ1n) is 7.06. The quantitative estimate of drug-likeness (QED) is 0.887. The Morgan fingerprint density at radius 1 is 1.39 bits per heavy atom. The van der Waals surface area contributed by atoms with Gasteiger partial charge in [-0.1, -0.05) is 26.7 Å². The van der Waals surface area contributed by atoms with E-state index >= 15 is 0 Å². The zero-order valence-electron chi connectivity index (χ0n) is 11.8. The molecule has 0 bridgehead atoms. The Labute approximate surface area is 110 Å². The third-order valence-corrected chi connectivity index (χ3v) is 3.75. The molecule has 2 rings (SSSR count). The summed E-state index contributed by atoms with van der Waals surface area (Å²) in [7, 11) is 0. The summed E-state index contributed by atoms with van der Waals surface area (Å²) in [4.78, 5) is 7.05. The van der Waals surface area contributed by atoms with Crippen LogP contribution in [-0.4, -0.2) is 17.6 Å². The molecule has 0 radical (unpaired) electrons. The largest absolute Gasteiger partial charge is 0.398 e. The number of aryl methyl sites for hydroxylation is 1. The Balaban J connectivity index is 2.23. The van der Waals surface area contributed by atoms with Crippen molar-refractivity contribution in [3.63, 3.8) is 0 Å². The van der Waals surface area contributed by atoms with Gasteiger partial charge in [0.2, 0.25) is 0 Å². The summed E-state index contributed by atoms with van der Waals surface area (Å²) in [5.41, 5.74) is 7.94. The predicted molar refractivity (Wildman–Crippen MR) is 77.8 cm³/mol. The van der Waals surface area contributed by atoms with Crippen molar-refractivity contribution in [1.82, 2.24) is 4.98 Å². The lowest BCUT2D eigenvalue weighted by molar-refractivity contribution is 0.531. The average molecular weight is 247 g/mol. The van der Waals surface area contributed by atoms with Crippen LogP contribution in [0.3, 0.4) is 0 Å². The van der Waals surface area contributed by atoms with Gasteiger partial charge in [-0.15, -0.1) is 0 Å². The molecule has 3 nitrogen and oxygen atoms in total. The van der Waals surface area contributed by atoms with Gasteiger partial charge in [0.1, 0.15) is 5.82 Å². The van der Waals surface area contributed by atoms with Gasteiger partial charge in [0.15, 0.2) is 0 Å². The van der Waals surface area contributed by atoms with Gasteiger partial charge < -0.3 is 10.6 Å². The van der Waals surface area contributed by atoms with Crippen LogP contribution >= 0.6 is 0 Å². The number of nitrogens with zero attached hydrogens (tertiary/aromatic N) is 2. The predicted octanol–water partition coefficient (Wildman–Crippen LogP) is 3.38. The van der Waals surface area contributed by atoms with E-state index in [4.69, 9.17) is 5.73 Å². The fourth-order valence-corrected chi connectivity index (χ4v) is 2.72. The number of nitrogen functional groups attached to an aromatic ring is 1. The summed E-state index contributed by atoms with van der Waals surface area (Å²) in [6.07, 6.45) is 7.18. The highest BCUT2D eigenvalue weighted by atomic mass is 15.2. The maximum absolute atomic E-state index is 6.02. The van der Waals surface area contributed by atoms with E-state index < -0.39 is 0 Å². The van der Waals surface area contributed by atoms with Gasteiger partial charge in [-0.3, -0.25) is 0 Å². The van der Waals surface area contributed by atoms with E-state index in [1.54, 1.807) is 0 Å². The zero-order chi connectivity index (χ0) is 13.1. The molecule has 2 N–H and O–H groups in total. The van der Waals surface area contributed by atoms with Crippen LogP contribution < -0.4 is 10.6 Å². The second-order valence-electron chi connectivity index (χ2n) is 5.88. The second kappa shape index (κ2) is 5.59. The van der Waals surface area contributed by atoms with Gasteiger partial charge in [0.05, 0.1) is 0 Å². The van der Waals surface area contributed by atoms with E-state index in [0.717, 1.165) is 23.6 Å². The van der Waals surface area contributed by atoms with Crippen LogP contribution in [0.25, 0.3) is 0 Å². The highest BCUT2D eigenvalue weighted by molar-refractivity contribution is 5.55. The average Bonchev–Trinajstić information content (AvgIpc) is 2.83. The monoisotopic (exact) mass is 247 g/mol. The smallest absolute Gasteiger partial charge is 0.130 e. The van der Waals surface area contributed by atoms with Gasteiger partial charge in [0.25, 0.3) is 0 Å². The van der Waals surface area contributed by atoms with Gasteiger partial charge in [-0.25, -0.2) is 4.98 Å². The Hall–Kier alpha value is -1.25. The van der Waals surface area contributed by atoms with Crippen molar-refractivity contribution in [2.24, 2.45) is 5.92 Å². The fraction of sp³-hybridized carbons (Fsp3) is 0.667. The van der Waals surface area contributed by atoms with Crippen LogP contribution in [0, 0.1) is 12.8 Å². The minimum atomic E-state index is 0.648. The van der Waals surface area contributed by atoms with E-state index in [1.165, 1.54) is 25.7 Å². The van der Waals surface area contributed by atoms with Crippen molar-refractivity contribution in [3.05, 3.63) is 17.8 Å². The standard InChI is InChI=1S/C15H25N3/c1-11(2)10-18(13-6-4-5-7-13)15-8-14(16)12(3)9-17-15/h8-9,11,13H,4-7,10H2,1-3H3,(H2,16,17).